The van der Waals surface area contributed by atoms with Crippen molar-refractivity contribution >= 4 is 39.2 Å². The zero-order valence-corrected chi connectivity index (χ0v) is 14.8. The number of carbonyl (C=O) groups excluding carboxylic acids is 1. The van der Waals surface area contributed by atoms with Crippen LogP contribution in [-0.4, -0.2) is 18.1 Å². The number of hydrogen-bond donors (Lipinski definition) is 1. The van der Waals surface area contributed by atoms with Gasteiger partial charge in [0.1, 0.15) is 5.54 Å². The molecule has 1 N–H and O–H groups in total. The van der Waals surface area contributed by atoms with Crippen LogP contribution in [0.3, 0.4) is 0 Å². The van der Waals surface area contributed by atoms with Gasteiger partial charge in [-0.2, -0.15) is 0 Å². The average Bonchev–Trinajstić information content (AvgIpc) is 2.45. The van der Waals surface area contributed by atoms with Crippen molar-refractivity contribution in [3.05, 3.63) is 27.7 Å². The molecule has 2 unspecified atom stereocenters. The van der Waals surface area contributed by atoms with E-state index < -0.39 is 5.54 Å². The molecule has 0 heterocycles. The van der Waals surface area contributed by atoms with Gasteiger partial charge in [-0.15, -0.1) is 0 Å². The molecule has 1 saturated carbocycles. The third-order valence-electron chi connectivity index (χ3n) is 4.23. The molecule has 0 spiro atoms. The summed E-state index contributed by atoms with van der Waals surface area (Å²) in [5, 5.41) is 4.09. The monoisotopic (exact) mass is 373 g/mol. The average molecular weight is 375 g/mol. The normalized spacial score (nSPS) is 25.4. The molecule has 21 heavy (non-hydrogen) atoms. The van der Waals surface area contributed by atoms with Gasteiger partial charge in [0.25, 0.3) is 0 Å². The van der Waals surface area contributed by atoms with Gasteiger partial charge in [0.15, 0.2) is 0 Å². The predicted octanol–water partition coefficient (Wildman–Crippen LogP) is 5.03. The number of carbonyl (C=O) groups is 1. The summed E-state index contributed by atoms with van der Waals surface area (Å²) in [6.45, 7) is 4.37. The molecule has 2 rings (SSSR count). The summed E-state index contributed by atoms with van der Waals surface area (Å²) in [4.78, 5) is 12.6. The first-order valence-electron chi connectivity index (χ1n) is 7.40. The Morgan fingerprint density at radius 2 is 2.29 bits per heavy atom. The molecule has 0 bridgehead atoms. The molecule has 1 aliphatic carbocycles. The Bertz CT molecular complexity index is 523. The van der Waals surface area contributed by atoms with Gasteiger partial charge >= 0.3 is 5.97 Å². The topological polar surface area (TPSA) is 38.3 Å². The Kier molecular flexibility index (Phi) is 5.55. The Labute approximate surface area is 139 Å². The lowest BCUT2D eigenvalue weighted by Crippen LogP contribution is -2.54. The fourth-order valence-electron chi connectivity index (χ4n) is 2.98. The maximum atomic E-state index is 12.6. The summed E-state index contributed by atoms with van der Waals surface area (Å²) >= 11 is 9.46. The first-order chi connectivity index (χ1) is 9.99. The highest BCUT2D eigenvalue weighted by molar-refractivity contribution is 9.10. The minimum absolute atomic E-state index is 0.150. The zero-order chi connectivity index (χ0) is 15.5. The summed E-state index contributed by atoms with van der Waals surface area (Å²) in [5.74, 6) is 0.0861. The second kappa shape index (κ2) is 7.01. The Balaban J connectivity index is 2.30. The molecular weight excluding hydrogens is 354 g/mol. The molecule has 0 amide bonds. The SMILES string of the molecule is CCOC(=O)C1(Nc2ccc(Cl)c(Br)c2)CCCCC1C. The van der Waals surface area contributed by atoms with Gasteiger partial charge < -0.3 is 10.1 Å². The molecule has 0 saturated heterocycles. The van der Waals surface area contributed by atoms with Gasteiger partial charge in [-0.25, -0.2) is 4.79 Å². The van der Waals surface area contributed by atoms with Crippen molar-refractivity contribution in [2.45, 2.75) is 45.1 Å². The lowest BCUT2D eigenvalue weighted by atomic mass is 9.73. The van der Waals surface area contributed by atoms with E-state index in [0.717, 1.165) is 35.8 Å². The summed E-state index contributed by atoms with van der Waals surface area (Å²) in [7, 11) is 0. The van der Waals surface area contributed by atoms with Gasteiger partial charge in [-0.05, 0) is 59.8 Å². The molecule has 3 nitrogen and oxygen atoms in total. The van der Waals surface area contributed by atoms with E-state index in [9.17, 15) is 4.79 Å². The van der Waals surface area contributed by atoms with Crippen molar-refractivity contribution in [1.29, 1.82) is 0 Å². The van der Waals surface area contributed by atoms with Crippen LogP contribution in [0, 0.1) is 5.92 Å². The highest BCUT2D eigenvalue weighted by Gasteiger charge is 2.46. The van der Waals surface area contributed by atoms with Crippen LogP contribution < -0.4 is 5.32 Å². The molecular formula is C16H21BrClNO2. The number of ether oxygens (including phenoxy) is 1. The van der Waals surface area contributed by atoms with Gasteiger partial charge in [0, 0.05) is 10.2 Å². The molecule has 2 atom stereocenters. The van der Waals surface area contributed by atoms with E-state index in [0.29, 0.717) is 11.6 Å². The minimum Gasteiger partial charge on any atom is -0.464 e. The highest BCUT2D eigenvalue weighted by atomic mass is 79.9. The number of hydrogen-bond acceptors (Lipinski definition) is 3. The van der Waals surface area contributed by atoms with Crippen LogP contribution in [0.25, 0.3) is 0 Å². The van der Waals surface area contributed by atoms with Crippen molar-refractivity contribution in [2.75, 3.05) is 11.9 Å². The van der Waals surface area contributed by atoms with E-state index in [1.807, 2.05) is 25.1 Å². The molecule has 0 aliphatic heterocycles. The zero-order valence-electron chi connectivity index (χ0n) is 12.4. The maximum absolute atomic E-state index is 12.6. The fraction of sp³-hybridized carbons (Fsp3) is 0.562. The molecule has 0 aromatic heterocycles. The second-order valence-electron chi connectivity index (χ2n) is 5.59. The molecule has 1 aromatic carbocycles. The second-order valence-corrected chi connectivity index (χ2v) is 6.85. The lowest BCUT2D eigenvalue weighted by Gasteiger charge is -2.41. The number of halogens is 2. The van der Waals surface area contributed by atoms with Crippen LogP contribution in [0.15, 0.2) is 22.7 Å². The maximum Gasteiger partial charge on any atom is 0.332 e. The first-order valence-corrected chi connectivity index (χ1v) is 8.57. The van der Waals surface area contributed by atoms with Crippen molar-refractivity contribution in [3.8, 4) is 0 Å². The molecule has 1 aliphatic rings. The van der Waals surface area contributed by atoms with Crippen molar-refractivity contribution < 1.29 is 9.53 Å². The van der Waals surface area contributed by atoms with E-state index in [1.54, 1.807) is 0 Å². The number of benzene rings is 1. The van der Waals surface area contributed by atoms with E-state index >= 15 is 0 Å². The largest absolute Gasteiger partial charge is 0.464 e. The predicted molar refractivity (Wildman–Crippen MR) is 89.8 cm³/mol. The summed E-state index contributed by atoms with van der Waals surface area (Å²) in [5.41, 5.74) is 0.245. The van der Waals surface area contributed by atoms with Crippen LogP contribution in [-0.2, 0) is 9.53 Å². The van der Waals surface area contributed by atoms with Crippen LogP contribution in [0.4, 0.5) is 5.69 Å². The highest BCUT2D eigenvalue weighted by Crippen LogP contribution is 2.38. The summed E-state index contributed by atoms with van der Waals surface area (Å²) < 4.78 is 6.16. The van der Waals surface area contributed by atoms with Crippen LogP contribution in [0.2, 0.25) is 5.02 Å². The molecule has 1 fully saturated rings. The van der Waals surface area contributed by atoms with E-state index in [2.05, 4.69) is 28.2 Å². The third-order valence-corrected chi connectivity index (χ3v) is 5.44. The minimum atomic E-state index is -0.637. The van der Waals surface area contributed by atoms with E-state index in [4.69, 9.17) is 16.3 Å². The Hall–Kier alpha value is -0.740. The van der Waals surface area contributed by atoms with Crippen molar-refractivity contribution in [2.24, 2.45) is 5.92 Å². The third kappa shape index (κ3) is 3.54. The van der Waals surface area contributed by atoms with Gasteiger partial charge in [0.2, 0.25) is 0 Å². The standard InChI is InChI=1S/C16H21BrClNO2/c1-3-21-15(20)16(9-5-4-6-11(16)2)19-12-7-8-14(18)13(17)10-12/h7-8,10-11,19H,3-6,9H2,1-2H3. The smallest absolute Gasteiger partial charge is 0.332 e. The molecule has 116 valence electrons. The number of esters is 1. The van der Waals surface area contributed by atoms with Crippen LogP contribution in [0.1, 0.15) is 39.5 Å². The molecule has 0 radical (unpaired) electrons. The first kappa shape index (κ1) is 16.6. The van der Waals surface area contributed by atoms with E-state index in [-0.39, 0.29) is 11.9 Å². The van der Waals surface area contributed by atoms with Gasteiger partial charge in [-0.1, -0.05) is 31.4 Å². The number of rotatable bonds is 4. The number of anilines is 1. The number of nitrogens with one attached hydrogen (secondary N) is 1. The molecule has 5 heteroatoms. The fourth-order valence-corrected chi connectivity index (χ4v) is 3.47. The Morgan fingerprint density at radius 3 is 2.90 bits per heavy atom. The van der Waals surface area contributed by atoms with Crippen LogP contribution >= 0.6 is 27.5 Å². The summed E-state index contributed by atoms with van der Waals surface area (Å²) in [6.07, 6.45) is 4.02. The van der Waals surface area contributed by atoms with Crippen molar-refractivity contribution in [3.63, 3.8) is 0 Å². The van der Waals surface area contributed by atoms with Gasteiger partial charge in [-0.3, -0.25) is 0 Å². The van der Waals surface area contributed by atoms with Crippen molar-refractivity contribution in [1.82, 2.24) is 0 Å². The quantitative estimate of drug-likeness (QED) is 0.751. The Morgan fingerprint density at radius 1 is 1.52 bits per heavy atom. The molecule has 1 aromatic rings. The van der Waals surface area contributed by atoms with Gasteiger partial charge in [0.05, 0.1) is 11.6 Å². The van der Waals surface area contributed by atoms with E-state index in [1.165, 1.54) is 0 Å². The summed E-state index contributed by atoms with van der Waals surface area (Å²) in [6, 6.07) is 5.63. The lowest BCUT2D eigenvalue weighted by molar-refractivity contribution is -0.151. The van der Waals surface area contributed by atoms with Crippen LogP contribution in [0.5, 0.6) is 0 Å².